The van der Waals surface area contributed by atoms with Crippen molar-refractivity contribution in [2.45, 2.75) is 51.4 Å². The first kappa shape index (κ1) is 23.0. The van der Waals surface area contributed by atoms with Gasteiger partial charge >= 0.3 is 0 Å². The number of hydrogen-bond acceptors (Lipinski definition) is 4. The molecule has 0 aliphatic carbocycles. The van der Waals surface area contributed by atoms with Crippen molar-refractivity contribution >= 4 is 24.2 Å². The molecule has 0 unspecified atom stereocenters. The zero-order valence-electron chi connectivity index (χ0n) is 17.3. The molecule has 0 atom stereocenters. The Morgan fingerprint density at radius 3 is 1.43 bits per heavy atom. The van der Waals surface area contributed by atoms with Gasteiger partial charge in [0.25, 0.3) is 0 Å². The molecule has 6 nitrogen and oxygen atoms in total. The molecule has 2 N–H and O–H groups in total. The minimum atomic E-state index is -0.0789. The maximum atomic E-state index is 11.7. The summed E-state index contributed by atoms with van der Waals surface area (Å²) in [6.07, 6.45) is 9.07. The highest BCUT2D eigenvalue weighted by molar-refractivity contribution is 5.77. The molecule has 0 spiro atoms. The minimum Gasteiger partial charge on any atom is -0.273 e. The van der Waals surface area contributed by atoms with Gasteiger partial charge in [0.05, 0.1) is 0 Å². The highest BCUT2D eigenvalue weighted by Gasteiger charge is 2.02. The third-order valence-corrected chi connectivity index (χ3v) is 4.46. The Hall–Kier alpha value is -3.28. The summed E-state index contributed by atoms with van der Waals surface area (Å²) in [4.78, 5) is 23.5. The molecule has 2 amide bonds. The van der Waals surface area contributed by atoms with Gasteiger partial charge in [-0.3, -0.25) is 9.59 Å². The molecule has 0 bridgehead atoms. The standard InChI is InChI=1S/C24H30N4O2/c29-23(27-25-19-17-21-11-5-3-6-12-21)15-9-1-2-10-16-24(30)28-26-20-18-22-13-7-4-8-14-22/h3-8,11-14,19-20H,1-2,9-10,15-18H2,(H,27,29)(H,28,30)/b25-19+,26-20+. The van der Waals surface area contributed by atoms with Gasteiger partial charge in [0, 0.05) is 38.1 Å². The summed E-state index contributed by atoms with van der Waals surface area (Å²) in [7, 11) is 0. The summed E-state index contributed by atoms with van der Waals surface area (Å²) in [6.45, 7) is 0. The van der Waals surface area contributed by atoms with Crippen LogP contribution in [0.5, 0.6) is 0 Å². The van der Waals surface area contributed by atoms with Crippen LogP contribution in [0.2, 0.25) is 0 Å². The summed E-state index contributed by atoms with van der Waals surface area (Å²) in [5, 5.41) is 7.94. The Balaban J connectivity index is 1.43. The van der Waals surface area contributed by atoms with Gasteiger partial charge in [-0.1, -0.05) is 73.5 Å². The second-order valence-electron chi connectivity index (χ2n) is 6.99. The molecular formula is C24H30N4O2. The van der Waals surface area contributed by atoms with E-state index in [1.165, 1.54) is 0 Å². The van der Waals surface area contributed by atoms with Crippen molar-refractivity contribution in [1.82, 2.24) is 10.9 Å². The van der Waals surface area contributed by atoms with Crippen LogP contribution in [0.3, 0.4) is 0 Å². The van der Waals surface area contributed by atoms with Crippen LogP contribution in [0.1, 0.15) is 49.7 Å². The van der Waals surface area contributed by atoms with E-state index >= 15 is 0 Å². The van der Waals surface area contributed by atoms with Crippen LogP contribution >= 0.6 is 0 Å². The number of carbonyl (C=O) groups is 2. The molecule has 2 aromatic carbocycles. The van der Waals surface area contributed by atoms with Crippen molar-refractivity contribution < 1.29 is 9.59 Å². The Morgan fingerprint density at radius 2 is 1.03 bits per heavy atom. The molecule has 0 heterocycles. The average molecular weight is 407 g/mol. The molecule has 30 heavy (non-hydrogen) atoms. The number of rotatable bonds is 13. The largest absolute Gasteiger partial charge is 0.273 e. The van der Waals surface area contributed by atoms with Gasteiger partial charge in [0.2, 0.25) is 11.8 Å². The van der Waals surface area contributed by atoms with Gasteiger partial charge in [0.1, 0.15) is 0 Å². The van der Waals surface area contributed by atoms with E-state index in [4.69, 9.17) is 0 Å². The smallest absolute Gasteiger partial charge is 0.240 e. The lowest BCUT2D eigenvalue weighted by atomic mass is 10.1. The zero-order chi connectivity index (χ0) is 21.3. The first-order chi connectivity index (χ1) is 14.7. The van der Waals surface area contributed by atoms with Crippen molar-refractivity contribution in [3.05, 3.63) is 71.8 Å². The Morgan fingerprint density at radius 1 is 0.633 bits per heavy atom. The van der Waals surface area contributed by atoms with Crippen molar-refractivity contribution in [2.75, 3.05) is 0 Å². The third kappa shape index (κ3) is 10.9. The summed E-state index contributed by atoms with van der Waals surface area (Å²) < 4.78 is 0. The molecule has 0 radical (unpaired) electrons. The zero-order valence-corrected chi connectivity index (χ0v) is 17.3. The van der Waals surface area contributed by atoms with Gasteiger partial charge in [-0.05, 0) is 24.0 Å². The Kier molecular flexibility index (Phi) is 11.3. The first-order valence-corrected chi connectivity index (χ1v) is 10.4. The highest BCUT2D eigenvalue weighted by atomic mass is 16.2. The number of amides is 2. The normalized spacial score (nSPS) is 11.1. The Labute approximate surface area is 178 Å². The van der Waals surface area contributed by atoms with Gasteiger partial charge in [-0.15, -0.1) is 0 Å². The van der Waals surface area contributed by atoms with E-state index in [-0.39, 0.29) is 11.8 Å². The molecule has 0 aromatic heterocycles. The molecule has 158 valence electrons. The number of nitrogens with one attached hydrogen (secondary N) is 2. The average Bonchev–Trinajstić information content (AvgIpc) is 2.78. The monoisotopic (exact) mass is 406 g/mol. The number of nitrogens with zero attached hydrogens (tertiary/aromatic N) is 2. The molecular weight excluding hydrogens is 376 g/mol. The number of carbonyl (C=O) groups excluding carboxylic acids is 2. The molecule has 2 rings (SSSR count). The van der Waals surface area contributed by atoms with E-state index in [0.29, 0.717) is 25.7 Å². The lowest BCUT2D eigenvalue weighted by Gasteiger charge is -2.02. The van der Waals surface area contributed by atoms with Gasteiger partial charge in [-0.25, -0.2) is 10.9 Å². The van der Waals surface area contributed by atoms with Crippen LogP contribution in [-0.2, 0) is 22.4 Å². The predicted octanol–water partition coefficient (Wildman–Crippen LogP) is 4.02. The first-order valence-electron chi connectivity index (χ1n) is 10.4. The quantitative estimate of drug-likeness (QED) is 0.299. The number of hydrogen-bond donors (Lipinski definition) is 2. The molecule has 0 aliphatic rings. The van der Waals surface area contributed by atoms with Gasteiger partial charge in [0.15, 0.2) is 0 Å². The van der Waals surface area contributed by atoms with Crippen LogP contribution in [-0.4, -0.2) is 24.2 Å². The second kappa shape index (κ2) is 14.7. The van der Waals surface area contributed by atoms with Crippen LogP contribution < -0.4 is 10.9 Å². The van der Waals surface area contributed by atoms with Crippen molar-refractivity contribution in [1.29, 1.82) is 0 Å². The SMILES string of the molecule is O=C(CCCCCCC(=O)N/N=C/Cc1ccccc1)N/N=C/Cc1ccccc1. The highest BCUT2D eigenvalue weighted by Crippen LogP contribution is 2.05. The summed E-state index contributed by atoms with van der Waals surface area (Å²) in [5.74, 6) is -0.158. The topological polar surface area (TPSA) is 82.9 Å². The number of unbranched alkanes of at least 4 members (excludes halogenated alkanes) is 3. The van der Waals surface area contributed by atoms with Crippen molar-refractivity contribution in [2.24, 2.45) is 10.2 Å². The predicted molar refractivity (Wildman–Crippen MR) is 121 cm³/mol. The summed E-state index contributed by atoms with van der Waals surface area (Å²) >= 11 is 0. The minimum absolute atomic E-state index is 0.0789. The molecule has 0 saturated heterocycles. The molecule has 2 aromatic rings. The van der Waals surface area contributed by atoms with Crippen LogP contribution in [0.15, 0.2) is 70.9 Å². The van der Waals surface area contributed by atoms with Gasteiger partial charge < -0.3 is 0 Å². The molecule has 0 saturated carbocycles. The lowest BCUT2D eigenvalue weighted by molar-refractivity contribution is -0.122. The summed E-state index contributed by atoms with van der Waals surface area (Å²) in [6, 6.07) is 19.9. The van der Waals surface area contributed by atoms with E-state index in [1.807, 2.05) is 60.7 Å². The van der Waals surface area contributed by atoms with Crippen LogP contribution in [0, 0.1) is 0 Å². The third-order valence-electron chi connectivity index (χ3n) is 4.46. The van der Waals surface area contributed by atoms with Crippen molar-refractivity contribution in [3.8, 4) is 0 Å². The van der Waals surface area contributed by atoms with E-state index in [0.717, 1.165) is 36.8 Å². The fourth-order valence-corrected chi connectivity index (χ4v) is 2.80. The Bertz CT molecular complexity index is 735. The van der Waals surface area contributed by atoms with Gasteiger partial charge in [-0.2, -0.15) is 10.2 Å². The number of benzene rings is 2. The van der Waals surface area contributed by atoms with E-state index in [2.05, 4.69) is 21.1 Å². The maximum absolute atomic E-state index is 11.7. The molecule has 0 aliphatic heterocycles. The van der Waals surface area contributed by atoms with E-state index < -0.39 is 0 Å². The fraction of sp³-hybridized carbons (Fsp3) is 0.333. The van der Waals surface area contributed by atoms with E-state index in [1.54, 1.807) is 12.4 Å². The molecule has 6 heteroatoms. The fourth-order valence-electron chi connectivity index (χ4n) is 2.80. The number of hydrazone groups is 2. The van der Waals surface area contributed by atoms with Crippen LogP contribution in [0.25, 0.3) is 0 Å². The maximum Gasteiger partial charge on any atom is 0.240 e. The van der Waals surface area contributed by atoms with Crippen LogP contribution in [0.4, 0.5) is 0 Å². The summed E-state index contributed by atoms with van der Waals surface area (Å²) in [5.41, 5.74) is 7.41. The molecule has 0 fully saturated rings. The second-order valence-corrected chi connectivity index (χ2v) is 6.99. The van der Waals surface area contributed by atoms with E-state index in [9.17, 15) is 9.59 Å². The van der Waals surface area contributed by atoms with Crippen molar-refractivity contribution in [3.63, 3.8) is 0 Å². The lowest BCUT2D eigenvalue weighted by Crippen LogP contribution is -2.17.